The van der Waals surface area contributed by atoms with Crippen molar-refractivity contribution in [2.24, 2.45) is 10.8 Å². The molecule has 2 aromatic rings. The summed E-state index contributed by atoms with van der Waals surface area (Å²) < 4.78 is 32.1. The number of aromatic hydroxyl groups is 2. The van der Waals surface area contributed by atoms with Crippen LogP contribution in [0.4, 0.5) is 0 Å². The van der Waals surface area contributed by atoms with Crippen LogP contribution in [-0.4, -0.2) is 16.8 Å². The average molecular weight is 557 g/mol. The van der Waals surface area contributed by atoms with E-state index in [4.69, 9.17) is 13.6 Å². The summed E-state index contributed by atoms with van der Waals surface area (Å²) in [6, 6.07) is 9.43. The van der Waals surface area contributed by atoms with Crippen LogP contribution in [-0.2, 0) is 19.9 Å². The molecule has 1 unspecified atom stereocenters. The largest absolute Gasteiger partial charge is 0.587 e. The number of benzene rings is 2. The molecule has 39 heavy (non-hydrogen) atoms. The first-order chi connectivity index (χ1) is 17.7. The standard InChI is InChI=1S/C32H45O6P/c1-29(2,3)25-18-23(13-15-27(25)33)37-39(35,38-24-14-16-28(34)26(19-24)30(4,5)6)36-21-22-12-11-17-32(10,20-22)31(7,8)9/h11-19,33-34H,20-21H2,1-10H3. The number of allylic oxidation sites excluding steroid dienone is 3. The zero-order valence-electron chi connectivity index (χ0n) is 25.1. The van der Waals surface area contributed by atoms with Gasteiger partial charge in [-0.1, -0.05) is 87.5 Å². The highest BCUT2D eigenvalue weighted by atomic mass is 31.2. The van der Waals surface area contributed by atoms with E-state index in [9.17, 15) is 14.8 Å². The second-order valence-electron chi connectivity index (χ2n) is 13.8. The van der Waals surface area contributed by atoms with Gasteiger partial charge in [-0.15, -0.1) is 0 Å². The topological polar surface area (TPSA) is 85.2 Å². The minimum atomic E-state index is -4.21. The Morgan fingerprint density at radius 2 is 1.28 bits per heavy atom. The first-order valence-corrected chi connectivity index (χ1v) is 14.9. The van der Waals surface area contributed by atoms with E-state index in [1.54, 1.807) is 24.3 Å². The molecule has 0 heterocycles. The number of hydrogen-bond donors (Lipinski definition) is 2. The predicted molar refractivity (Wildman–Crippen MR) is 158 cm³/mol. The minimum absolute atomic E-state index is 0.0184. The second kappa shape index (κ2) is 10.7. The van der Waals surface area contributed by atoms with Crippen molar-refractivity contribution in [2.75, 3.05) is 6.61 Å². The van der Waals surface area contributed by atoms with E-state index in [1.807, 2.05) is 53.7 Å². The van der Waals surface area contributed by atoms with Gasteiger partial charge in [-0.25, -0.2) is 4.57 Å². The molecule has 3 rings (SSSR count). The highest BCUT2D eigenvalue weighted by Crippen LogP contribution is 2.53. The van der Waals surface area contributed by atoms with Gasteiger partial charge >= 0.3 is 7.82 Å². The quantitative estimate of drug-likeness (QED) is 0.331. The van der Waals surface area contributed by atoms with Crippen molar-refractivity contribution in [3.8, 4) is 23.0 Å². The van der Waals surface area contributed by atoms with Gasteiger partial charge in [-0.2, -0.15) is 0 Å². The fraction of sp³-hybridized carbons (Fsp3) is 0.500. The van der Waals surface area contributed by atoms with Crippen molar-refractivity contribution >= 4 is 7.82 Å². The number of rotatable bonds is 7. The Kier molecular flexibility index (Phi) is 8.47. The molecule has 0 spiro atoms. The van der Waals surface area contributed by atoms with Gasteiger partial charge in [0.05, 0.1) is 6.61 Å². The lowest BCUT2D eigenvalue weighted by molar-refractivity contribution is 0.156. The molecule has 0 saturated carbocycles. The maximum atomic E-state index is 14.2. The number of hydrogen-bond acceptors (Lipinski definition) is 6. The molecule has 1 atom stereocenters. The Labute approximate surface area is 234 Å². The molecule has 0 fully saturated rings. The molecule has 6 nitrogen and oxygen atoms in total. The molecule has 0 radical (unpaired) electrons. The van der Waals surface area contributed by atoms with E-state index in [2.05, 4.69) is 33.8 Å². The summed E-state index contributed by atoms with van der Waals surface area (Å²) in [5.74, 6) is 0.766. The Bertz CT molecular complexity index is 1230. The Hall–Kier alpha value is -2.69. The van der Waals surface area contributed by atoms with Crippen LogP contribution < -0.4 is 9.05 Å². The fourth-order valence-electron chi connectivity index (χ4n) is 4.44. The summed E-state index contributed by atoms with van der Waals surface area (Å²) >= 11 is 0. The maximum Gasteiger partial charge on any atom is 0.587 e. The summed E-state index contributed by atoms with van der Waals surface area (Å²) in [4.78, 5) is 0. The smallest absolute Gasteiger partial charge is 0.508 e. The molecule has 2 aromatic carbocycles. The molecule has 214 valence electrons. The van der Waals surface area contributed by atoms with Crippen LogP contribution in [0.5, 0.6) is 23.0 Å². The third-order valence-electron chi connectivity index (χ3n) is 7.50. The normalized spacial score (nSPS) is 18.6. The molecular weight excluding hydrogens is 511 g/mol. The van der Waals surface area contributed by atoms with E-state index in [0.29, 0.717) is 11.1 Å². The summed E-state index contributed by atoms with van der Waals surface area (Å²) in [7, 11) is -4.21. The van der Waals surface area contributed by atoms with Crippen molar-refractivity contribution in [1.29, 1.82) is 0 Å². The van der Waals surface area contributed by atoms with Gasteiger partial charge < -0.3 is 19.3 Å². The summed E-state index contributed by atoms with van der Waals surface area (Å²) in [5, 5.41) is 20.8. The van der Waals surface area contributed by atoms with E-state index < -0.39 is 7.82 Å². The molecule has 0 amide bonds. The zero-order valence-corrected chi connectivity index (χ0v) is 26.0. The van der Waals surface area contributed by atoms with E-state index in [-0.39, 0.29) is 51.3 Å². The van der Waals surface area contributed by atoms with Crippen LogP contribution in [0.3, 0.4) is 0 Å². The molecule has 2 N–H and O–H groups in total. The maximum absolute atomic E-state index is 14.2. The highest BCUT2D eigenvalue weighted by molar-refractivity contribution is 7.49. The third kappa shape index (κ3) is 7.49. The van der Waals surface area contributed by atoms with Gasteiger partial charge in [-0.3, -0.25) is 4.52 Å². The molecule has 1 aliphatic rings. The van der Waals surface area contributed by atoms with Crippen molar-refractivity contribution < 1.29 is 28.3 Å². The molecule has 7 heteroatoms. The van der Waals surface area contributed by atoms with Crippen molar-refractivity contribution in [1.82, 2.24) is 0 Å². The molecule has 0 aromatic heterocycles. The number of phenolic OH excluding ortho intramolecular Hbond substituents is 2. The third-order valence-corrected chi connectivity index (χ3v) is 8.81. The van der Waals surface area contributed by atoms with Gasteiger partial charge in [0.2, 0.25) is 0 Å². The first kappa shape index (κ1) is 30.8. The second-order valence-corrected chi connectivity index (χ2v) is 15.3. The lowest BCUT2D eigenvalue weighted by Crippen LogP contribution is -2.33. The summed E-state index contributed by atoms with van der Waals surface area (Å²) in [5.41, 5.74) is 1.45. The SMILES string of the molecule is CC(C)(C)c1cc(OP(=O)(OCC2=CC=CC(C)(C(C)(C)C)C2)Oc2ccc(O)c(C(C)(C)C)c2)ccc1O. The average Bonchev–Trinajstić information content (AvgIpc) is 2.78. The summed E-state index contributed by atoms with van der Waals surface area (Å²) in [6.07, 6.45) is 6.95. The van der Waals surface area contributed by atoms with Gasteiger partial charge in [0.1, 0.15) is 23.0 Å². The predicted octanol–water partition coefficient (Wildman–Crippen LogP) is 9.21. The van der Waals surface area contributed by atoms with E-state index >= 15 is 0 Å². The number of phosphoric ester groups is 1. The molecule has 1 aliphatic carbocycles. The lowest BCUT2D eigenvalue weighted by atomic mass is 9.63. The minimum Gasteiger partial charge on any atom is -0.508 e. The Morgan fingerprint density at radius 3 is 1.69 bits per heavy atom. The van der Waals surface area contributed by atoms with Crippen molar-refractivity contribution in [3.63, 3.8) is 0 Å². The number of phenols is 2. The molecule has 0 bridgehead atoms. The van der Waals surface area contributed by atoms with Crippen LogP contribution in [0, 0.1) is 10.8 Å². The fourth-order valence-corrected chi connectivity index (χ4v) is 5.65. The van der Waals surface area contributed by atoms with Gasteiger partial charge in [0.25, 0.3) is 0 Å². The van der Waals surface area contributed by atoms with Crippen LogP contribution in [0.15, 0.2) is 60.2 Å². The van der Waals surface area contributed by atoms with Gasteiger partial charge in [-0.05, 0) is 70.1 Å². The van der Waals surface area contributed by atoms with E-state index in [0.717, 1.165) is 12.0 Å². The monoisotopic (exact) mass is 556 g/mol. The molecular formula is C32H45O6P. The lowest BCUT2D eigenvalue weighted by Gasteiger charge is -2.42. The van der Waals surface area contributed by atoms with Crippen LogP contribution in [0.1, 0.15) is 86.8 Å². The Morgan fingerprint density at radius 1 is 0.821 bits per heavy atom. The zero-order chi connectivity index (χ0) is 29.4. The van der Waals surface area contributed by atoms with Crippen LogP contribution in [0.25, 0.3) is 0 Å². The van der Waals surface area contributed by atoms with Gasteiger partial charge in [0.15, 0.2) is 0 Å². The molecule has 0 aliphatic heterocycles. The van der Waals surface area contributed by atoms with Gasteiger partial charge in [0, 0.05) is 11.1 Å². The van der Waals surface area contributed by atoms with Crippen molar-refractivity contribution in [3.05, 3.63) is 71.3 Å². The molecule has 0 saturated heterocycles. The highest BCUT2D eigenvalue weighted by Gasteiger charge is 2.38. The number of phosphoric acid groups is 1. The Balaban J connectivity index is 1.95. The van der Waals surface area contributed by atoms with Crippen LogP contribution >= 0.6 is 7.82 Å². The summed E-state index contributed by atoms with van der Waals surface area (Å²) in [6.45, 7) is 20.7. The van der Waals surface area contributed by atoms with E-state index in [1.165, 1.54) is 12.1 Å². The van der Waals surface area contributed by atoms with Crippen molar-refractivity contribution in [2.45, 2.75) is 86.5 Å². The van der Waals surface area contributed by atoms with Crippen LogP contribution in [0.2, 0.25) is 0 Å². The first-order valence-electron chi connectivity index (χ1n) is 13.4.